The molecule has 37 heavy (non-hydrogen) atoms. The molecule has 0 saturated carbocycles. The fourth-order valence-electron chi connectivity index (χ4n) is 4.43. The maximum absolute atomic E-state index is 13.6. The van der Waals surface area contributed by atoms with Crippen LogP contribution in [0.2, 0.25) is 10.0 Å². The van der Waals surface area contributed by atoms with E-state index in [0.29, 0.717) is 58.1 Å². The summed E-state index contributed by atoms with van der Waals surface area (Å²) < 4.78 is 1.57. The maximum atomic E-state index is 13.6. The number of aromatic nitrogens is 2. The Bertz CT molecular complexity index is 1560. The van der Waals surface area contributed by atoms with Gasteiger partial charge in [0, 0.05) is 34.9 Å². The van der Waals surface area contributed by atoms with E-state index in [9.17, 15) is 9.59 Å². The lowest BCUT2D eigenvalue weighted by Crippen LogP contribution is -2.24. The zero-order valence-corrected chi connectivity index (χ0v) is 21.2. The minimum Gasteiger partial charge on any atom is -0.481 e. The second-order valence-electron chi connectivity index (χ2n) is 8.87. The number of hydrogen-bond acceptors (Lipinski definition) is 5. The molecule has 5 rings (SSSR count). The van der Waals surface area contributed by atoms with Gasteiger partial charge in [0.25, 0.3) is 5.56 Å². The molecule has 0 radical (unpaired) electrons. The molecule has 0 fully saturated rings. The largest absolute Gasteiger partial charge is 0.481 e. The van der Waals surface area contributed by atoms with Crippen molar-refractivity contribution < 1.29 is 14.7 Å². The SMILES string of the molecule is O=C(O)CCCCc1nc2cc(C3=NOC(c4cccc(Cl)c4)C3)ccc2c(=O)n1-c1ccc(Cl)cc1. The van der Waals surface area contributed by atoms with Crippen molar-refractivity contribution in [2.24, 2.45) is 5.16 Å². The molecular weight excluding hydrogens is 513 g/mol. The van der Waals surface area contributed by atoms with E-state index >= 15 is 0 Å². The zero-order valence-electron chi connectivity index (χ0n) is 19.7. The normalized spacial score (nSPS) is 15.0. The molecule has 0 aliphatic carbocycles. The fraction of sp³-hybridized carbons (Fsp3) is 0.214. The highest BCUT2D eigenvalue weighted by molar-refractivity contribution is 6.30. The smallest absolute Gasteiger partial charge is 0.303 e. The molecule has 1 atom stereocenters. The summed E-state index contributed by atoms with van der Waals surface area (Å²) in [6.07, 6.45) is 1.92. The number of aliphatic carboxylic acids is 1. The van der Waals surface area contributed by atoms with Gasteiger partial charge in [-0.05, 0) is 66.9 Å². The highest BCUT2D eigenvalue weighted by atomic mass is 35.5. The summed E-state index contributed by atoms with van der Waals surface area (Å²) >= 11 is 12.2. The highest BCUT2D eigenvalue weighted by Crippen LogP contribution is 2.31. The number of fused-ring (bicyclic) bond motifs is 1. The number of oxime groups is 1. The Kier molecular flexibility index (Phi) is 7.26. The molecular formula is C28H23Cl2N3O4. The van der Waals surface area contributed by atoms with Crippen LogP contribution >= 0.6 is 23.2 Å². The molecule has 0 bridgehead atoms. The van der Waals surface area contributed by atoms with Gasteiger partial charge in [-0.25, -0.2) is 4.98 Å². The first kappa shape index (κ1) is 25.0. The van der Waals surface area contributed by atoms with Gasteiger partial charge in [0.1, 0.15) is 5.82 Å². The van der Waals surface area contributed by atoms with E-state index in [0.717, 1.165) is 16.8 Å². The third-order valence-electron chi connectivity index (χ3n) is 6.29. The van der Waals surface area contributed by atoms with Gasteiger partial charge in [-0.15, -0.1) is 0 Å². The standard InChI is InChI=1S/C28H23Cl2N3O4/c29-19-9-11-21(12-10-19)33-26(6-1-2-7-27(34)35)31-24-15-17(8-13-22(24)28(33)36)23-16-25(37-32-23)18-4-3-5-20(30)14-18/h3-5,8-15,25H,1-2,6-7,16H2,(H,34,35). The van der Waals surface area contributed by atoms with Gasteiger partial charge in [0.15, 0.2) is 6.10 Å². The average Bonchev–Trinajstić information content (AvgIpc) is 3.38. The van der Waals surface area contributed by atoms with Crippen molar-refractivity contribution in [2.75, 3.05) is 0 Å². The minimum absolute atomic E-state index is 0.0660. The van der Waals surface area contributed by atoms with Gasteiger partial charge in [-0.1, -0.05) is 46.6 Å². The van der Waals surface area contributed by atoms with Crippen LogP contribution in [0.15, 0.2) is 76.7 Å². The molecule has 1 aliphatic rings. The molecule has 188 valence electrons. The van der Waals surface area contributed by atoms with Crippen LogP contribution < -0.4 is 5.56 Å². The van der Waals surface area contributed by atoms with Crippen molar-refractivity contribution in [3.8, 4) is 5.69 Å². The van der Waals surface area contributed by atoms with Crippen molar-refractivity contribution in [3.05, 3.63) is 104 Å². The first-order valence-electron chi connectivity index (χ1n) is 11.9. The highest BCUT2D eigenvalue weighted by Gasteiger charge is 2.25. The minimum atomic E-state index is -0.846. The van der Waals surface area contributed by atoms with Gasteiger partial charge >= 0.3 is 5.97 Å². The van der Waals surface area contributed by atoms with Crippen molar-refractivity contribution >= 4 is 45.8 Å². The van der Waals surface area contributed by atoms with Gasteiger partial charge in [0.05, 0.1) is 22.3 Å². The molecule has 1 aromatic heterocycles. The summed E-state index contributed by atoms with van der Waals surface area (Å²) in [5, 5.41) is 14.9. The monoisotopic (exact) mass is 535 g/mol. The van der Waals surface area contributed by atoms with Gasteiger partial charge in [-0.3, -0.25) is 14.2 Å². The molecule has 7 nitrogen and oxygen atoms in total. The molecule has 0 amide bonds. The summed E-state index contributed by atoms with van der Waals surface area (Å²) in [4.78, 5) is 35.1. The van der Waals surface area contributed by atoms with Crippen LogP contribution in [0.25, 0.3) is 16.6 Å². The van der Waals surface area contributed by atoms with Crippen LogP contribution in [-0.2, 0) is 16.1 Å². The van der Waals surface area contributed by atoms with Crippen molar-refractivity contribution in [1.29, 1.82) is 0 Å². The number of carbonyl (C=O) groups is 1. The molecule has 9 heteroatoms. The van der Waals surface area contributed by atoms with Crippen LogP contribution in [0.3, 0.4) is 0 Å². The number of unbranched alkanes of at least 4 members (excludes halogenated alkanes) is 1. The third kappa shape index (κ3) is 5.53. The number of carboxylic acids is 1. The second kappa shape index (κ2) is 10.7. The molecule has 1 aliphatic heterocycles. The Morgan fingerprint density at radius 2 is 1.84 bits per heavy atom. The fourth-order valence-corrected chi connectivity index (χ4v) is 4.75. The van der Waals surface area contributed by atoms with Crippen LogP contribution in [0.1, 0.15) is 48.7 Å². The summed E-state index contributed by atoms with van der Waals surface area (Å²) in [7, 11) is 0. The number of nitrogens with zero attached hydrogens (tertiary/aromatic N) is 3. The predicted octanol–water partition coefficient (Wildman–Crippen LogP) is 6.36. The van der Waals surface area contributed by atoms with Gasteiger partial charge < -0.3 is 9.94 Å². The van der Waals surface area contributed by atoms with E-state index in [2.05, 4.69) is 5.16 Å². The maximum Gasteiger partial charge on any atom is 0.303 e. The van der Waals surface area contributed by atoms with E-state index in [4.69, 9.17) is 38.1 Å². The molecule has 4 aromatic rings. The Hall–Kier alpha value is -3.68. The first-order valence-corrected chi connectivity index (χ1v) is 12.7. The van der Waals surface area contributed by atoms with Crippen molar-refractivity contribution in [3.63, 3.8) is 0 Å². The number of aryl methyl sites for hydroxylation is 1. The van der Waals surface area contributed by atoms with E-state index in [1.165, 1.54) is 0 Å². The Morgan fingerprint density at radius 3 is 2.59 bits per heavy atom. The van der Waals surface area contributed by atoms with Crippen molar-refractivity contribution in [1.82, 2.24) is 9.55 Å². The molecule has 1 N–H and O–H groups in total. The number of carboxylic acid groups (broad SMARTS) is 1. The zero-order chi connectivity index (χ0) is 25.9. The summed E-state index contributed by atoms with van der Waals surface area (Å²) in [5.74, 6) is -0.286. The molecule has 1 unspecified atom stereocenters. The van der Waals surface area contributed by atoms with E-state index in [-0.39, 0.29) is 18.1 Å². The third-order valence-corrected chi connectivity index (χ3v) is 6.77. The summed E-state index contributed by atoms with van der Waals surface area (Å²) in [6, 6.07) is 20.0. The van der Waals surface area contributed by atoms with E-state index < -0.39 is 5.97 Å². The van der Waals surface area contributed by atoms with Crippen LogP contribution in [0.5, 0.6) is 0 Å². The van der Waals surface area contributed by atoms with E-state index in [1.54, 1.807) is 34.9 Å². The number of hydrogen-bond donors (Lipinski definition) is 1. The number of benzene rings is 3. The first-order chi connectivity index (χ1) is 17.9. The topological polar surface area (TPSA) is 93.8 Å². The van der Waals surface area contributed by atoms with Crippen molar-refractivity contribution in [2.45, 2.75) is 38.2 Å². The summed E-state index contributed by atoms with van der Waals surface area (Å²) in [6.45, 7) is 0. The summed E-state index contributed by atoms with van der Waals surface area (Å²) in [5.41, 5.74) is 3.53. The molecule has 2 heterocycles. The Morgan fingerprint density at radius 1 is 1.03 bits per heavy atom. The van der Waals surface area contributed by atoms with Crippen LogP contribution in [0, 0.1) is 0 Å². The Balaban J connectivity index is 1.49. The second-order valence-corrected chi connectivity index (χ2v) is 9.74. The predicted molar refractivity (Wildman–Crippen MR) is 144 cm³/mol. The van der Waals surface area contributed by atoms with Crippen LogP contribution in [-0.4, -0.2) is 26.3 Å². The van der Waals surface area contributed by atoms with Gasteiger partial charge in [-0.2, -0.15) is 0 Å². The quantitative estimate of drug-likeness (QED) is 0.265. The lowest BCUT2D eigenvalue weighted by Gasteiger charge is -2.14. The Labute approximate surface area is 222 Å². The lowest BCUT2D eigenvalue weighted by molar-refractivity contribution is -0.137. The number of rotatable bonds is 8. The van der Waals surface area contributed by atoms with Crippen LogP contribution in [0.4, 0.5) is 0 Å². The molecule has 3 aromatic carbocycles. The number of halogens is 2. The average molecular weight is 536 g/mol. The van der Waals surface area contributed by atoms with E-state index in [1.807, 2.05) is 36.4 Å². The van der Waals surface area contributed by atoms with Gasteiger partial charge in [0.2, 0.25) is 0 Å². The lowest BCUT2D eigenvalue weighted by atomic mass is 9.99. The molecule has 0 saturated heterocycles. The molecule has 0 spiro atoms.